The van der Waals surface area contributed by atoms with Crippen LogP contribution in [0.5, 0.6) is 5.75 Å². The molecule has 0 aliphatic heterocycles. The first-order valence-corrected chi connectivity index (χ1v) is 6.99. The molecular formula is C15H18N2OS. The maximum atomic E-state index is 5.15. The smallest absolute Gasteiger partial charge is 0.118 e. The number of benzene rings is 1. The van der Waals surface area contributed by atoms with Crippen molar-refractivity contribution in [3.8, 4) is 5.75 Å². The molecule has 0 amide bonds. The Morgan fingerprint density at radius 2 is 1.79 bits per heavy atom. The van der Waals surface area contributed by atoms with Gasteiger partial charge in [0.15, 0.2) is 0 Å². The van der Waals surface area contributed by atoms with Crippen molar-refractivity contribution in [2.45, 2.75) is 22.8 Å². The molecule has 2 aromatic rings. The SMILES string of the molecule is CNC(C)c1ccc(Sc2ccc(OC)cc2)cn1. The van der Waals surface area contributed by atoms with Crippen LogP contribution in [0.2, 0.25) is 0 Å². The molecule has 1 unspecified atom stereocenters. The largest absolute Gasteiger partial charge is 0.497 e. The van der Waals surface area contributed by atoms with Crippen LogP contribution in [0.3, 0.4) is 0 Å². The van der Waals surface area contributed by atoms with E-state index in [1.807, 2.05) is 37.5 Å². The van der Waals surface area contributed by atoms with Crippen LogP contribution < -0.4 is 10.1 Å². The third-order valence-corrected chi connectivity index (χ3v) is 3.92. The highest BCUT2D eigenvalue weighted by Gasteiger charge is 2.04. The summed E-state index contributed by atoms with van der Waals surface area (Å²) in [6.45, 7) is 2.10. The number of hydrogen-bond donors (Lipinski definition) is 1. The van der Waals surface area contributed by atoms with Gasteiger partial charge < -0.3 is 10.1 Å². The van der Waals surface area contributed by atoms with E-state index < -0.39 is 0 Å². The van der Waals surface area contributed by atoms with Crippen LogP contribution >= 0.6 is 11.8 Å². The quantitative estimate of drug-likeness (QED) is 0.904. The zero-order valence-corrected chi connectivity index (χ0v) is 12.2. The minimum absolute atomic E-state index is 0.278. The Kier molecular flexibility index (Phi) is 4.82. The number of aromatic nitrogens is 1. The van der Waals surface area contributed by atoms with E-state index in [4.69, 9.17) is 4.74 Å². The van der Waals surface area contributed by atoms with E-state index in [2.05, 4.69) is 29.4 Å². The lowest BCUT2D eigenvalue weighted by atomic mass is 10.2. The summed E-state index contributed by atoms with van der Waals surface area (Å²) in [5.74, 6) is 0.876. The van der Waals surface area contributed by atoms with Crippen molar-refractivity contribution >= 4 is 11.8 Å². The Morgan fingerprint density at radius 1 is 1.11 bits per heavy atom. The Balaban J connectivity index is 2.06. The van der Waals surface area contributed by atoms with E-state index >= 15 is 0 Å². The molecule has 19 heavy (non-hydrogen) atoms. The van der Waals surface area contributed by atoms with Gasteiger partial charge in [0.1, 0.15) is 5.75 Å². The first-order valence-electron chi connectivity index (χ1n) is 6.18. The Hall–Kier alpha value is -1.52. The molecule has 1 atom stereocenters. The molecule has 1 N–H and O–H groups in total. The molecule has 1 heterocycles. The zero-order chi connectivity index (χ0) is 13.7. The third-order valence-electron chi connectivity index (χ3n) is 2.93. The second-order valence-corrected chi connectivity index (χ2v) is 5.35. The predicted octanol–water partition coefficient (Wildman–Crippen LogP) is 3.52. The van der Waals surface area contributed by atoms with E-state index in [0.717, 1.165) is 16.3 Å². The van der Waals surface area contributed by atoms with Gasteiger partial charge in [-0.05, 0) is 50.4 Å². The summed E-state index contributed by atoms with van der Waals surface area (Å²) in [7, 11) is 3.61. The van der Waals surface area contributed by atoms with Gasteiger partial charge in [-0.2, -0.15) is 0 Å². The summed E-state index contributed by atoms with van der Waals surface area (Å²) in [5, 5.41) is 3.18. The predicted molar refractivity (Wildman–Crippen MR) is 78.8 cm³/mol. The lowest BCUT2D eigenvalue weighted by Gasteiger charge is -2.09. The molecule has 1 aromatic carbocycles. The Morgan fingerprint density at radius 3 is 2.32 bits per heavy atom. The highest BCUT2D eigenvalue weighted by Crippen LogP contribution is 2.28. The van der Waals surface area contributed by atoms with Crippen LogP contribution in [0.4, 0.5) is 0 Å². The molecule has 3 nitrogen and oxygen atoms in total. The monoisotopic (exact) mass is 274 g/mol. The van der Waals surface area contributed by atoms with E-state index in [1.165, 1.54) is 4.90 Å². The fourth-order valence-electron chi connectivity index (χ4n) is 1.64. The van der Waals surface area contributed by atoms with Crippen LogP contribution in [-0.4, -0.2) is 19.1 Å². The average molecular weight is 274 g/mol. The molecule has 0 bridgehead atoms. The van der Waals surface area contributed by atoms with E-state index in [9.17, 15) is 0 Å². The van der Waals surface area contributed by atoms with Crippen LogP contribution in [0.25, 0.3) is 0 Å². The molecule has 4 heteroatoms. The van der Waals surface area contributed by atoms with Gasteiger partial charge in [-0.15, -0.1) is 0 Å². The van der Waals surface area contributed by atoms with Crippen molar-refractivity contribution in [2.24, 2.45) is 0 Å². The molecule has 0 aliphatic rings. The summed E-state index contributed by atoms with van der Waals surface area (Å²) in [5.41, 5.74) is 1.06. The number of ether oxygens (including phenoxy) is 1. The summed E-state index contributed by atoms with van der Waals surface area (Å²) in [6, 6.07) is 12.5. The lowest BCUT2D eigenvalue weighted by Crippen LogP contribution is -2.13. The van der Waals surface area contributed by atoms with Crippen molar-refractivity contribution in [1.82, 2.24) is 10.3 Å². The number of nitrogens with zero attached hydrogens (tertiary/aromatic N) is 1. The lowest BCUT2D eigenvalue weighted by molar-refractivity contribution is 0.414. The van der Waals surface area contributed by atoms with Gasteiger partial charge in [0, 0.05) is 22.0 Å². The average Bonchev–Trinajstić information content (AvgIpc) is 2.48. The first kappa shape index (κ1) is 13.9. The minimum Gasteiger partial charge on any atom is -0.497 e. The van der Waals surface area contributed by atoms with Crippen LogP contribution in [0, 0.1) is 0 Å². The van der Waals surface area contributed by atoms with Crippen LogP contribution in [0.1, 0.15) is 18.7 Å². The Bertz CT molecular complexity index is 511. The molecular weight excluding hydrogens is 256 g/mol. The highest BCUT2D eigenvalue weighted by atomic mass is 32.2. The second kappa shape index (κ2) is 6.59. The van der Waals surface area contributed by atoms with Crippen molar-refractivity contribution in [3.63, 3.8) is 0 Å². The van der Waals surface area contributed by atoms with E-state index in [0.29, 0.717) is 0 Å². The summed E-state index contributed by atoms with van der Waals surface area (Å²) in [6.07, 6.45) is 1.91. The van der Waals surface area contributed by atoms with Crippen molar-refractivity contribution < 1.29 is 4.74 Å². The summed E-state index contributed by atoms with van der Waals surface area (Å²) < 4.78 is 5.15. The number of pyridine rings is 1. The fraction of sp³-hybridized carbons (Fsp3) is 0.267. The minimum atomic E-state index is 0.278. The van der Waals surface area contributed by atoms with Gasteiger partial charge >= 0.3 is 0 Å². The van der Waals surface area contributed by atoms with E-state index in [-0.39, 0.29) is 6.04 Å². The maximum Gasteiger partial charge on any atom is 0.118 e. The van der Waals surface area contributed by atoms with Gasteiger partial charge in [-0.25, -0.2) is 0 Å². The van der Waals surface area contributed by atoms with Crippen molar-refractivity contribution in [3.05, 3.63) is 48.3 Å². The summed E-state index contributed by atoms with van der Waals surface area (Å²) >= 11 is 1.70. The van der Waals surface area contributed by atoms with Crippen LogP contribution in [0.15, 0.2) is 52.4 Å². The maximum absolute atomic E-state index is 5.15. The van der Waals surface area contributed by atoms with Gasteiger partial charge in [0.05, 0.1) is 12.8 Å². The Labute approximate surface area is 118 Å². The van der Waals surface area contributed by atoms with Crippen molar-refractivity contribution in [2.75, 3.05) is 14.2 Å². The number of nitrogens with one attached hydrogen (secondary N) is 1. The molecule has 1 aromatic heterocycles. The normalized spacial score (nSPS) is 12.2. The number of rotatable bonds is 5. The second-order valence-electron chi connectivity index (χ2n) is 4.21. The molecule has 0 radical (unpaired) electrons. The van der Waals surface area contributed by atoms with E-state index in [1.54, 1.807) is 18.9 Å². The molecule has 0 saturated carbocycles. The summed E-state index contributed by atoms with van der Waals surface area (Å²) in [4.78, 5) is 6.79. The number of methoxy groups -OCH3 is 1. The molecule has 100 valence electrons. The van der Waals surface area contributed by atoms with Gasteiger partial charge in [-0.3, -0.25) is 4.98 Å². The third kappa shape index (κ3) is 3.72. The van der Waals surface area contributed by atoms with Gasteiger partial charge in [0.25, 0.3) is 0 Å². The van der Waals surface area contributed by atoms with Gasteiger partial charge in [-0.1, -0.05) is 11.8 Å². The molecule has 2 rings (SSSR count). The topological polar surface area (TPSA) is 34.1 Å². The first-order chi connectivity index (χ1) is 9.22. The highest BCUT2D eigenvalue weighted by molar-refractivity contribution is 7.99. The van der Waals surface area contributed by atoms with Crippen LogP contribution in [-0.2, 0) is 0 Å². The molecule has 0 aliphatic carbocycles. The standard InChI is InChI=1S/C15H18N2OS/c1-11(16-2)15-9-8-14(10-17-15)19-13-6-4-12(18-3)5-7-13/h4-11,16H,1-3H3. The molecule has 0 spiro atoms. The zero-order valence-electron chi connectivity index (χ0n) is 11.4. The fourth-order valence-corrected chi connectivity index (χ4v) is 2.42. The van der Waals surface area contributed by atoms with Crippen molar-refractivity contribution in [1.29, 1.82) is 0 Å². The molecule has 0 saturated heterocycles. The molecule has 0 fully saturated rings. The van der Waals surface area contributed by atoms with Gasteiger partial charge in [0.2, 0.25) is 0 Å². The number of hydrogen-bond acceptors (Lipinski definition) is 4.